The van der Waals surface area contributed by atoms with Crippen LogP contribution >= 0.6 is 22.9 Å². The Morgan fingerprint density at radius 1 is 1.61 bits per heavy atom. The van der Waals surface area contributed by atoms with E-state index in [4.69, 9.17) is 17.3 Å². The van der Waals surface area contributed by atoms with Crippen molar-refractivity contribution >= 4 is 43.8 Å². The van der Waals surface area contributed by atoms with Crippen LogP contribution in [0.25, 0.3) is 4.96 Å². The Bertz CT molecular complexity index is 690. The van der Waals surface area contributed by atoms with Gasteiger partial charge in [0.15, 0.2) is 15.1 Å². The van der Waals surface area contributed by atoms with Crippen molar-refractivity contribution in [1.29, 1.82) is 0 Å². The minimum atomic E-state index is -3.82. The van der Waals surface area contributed by atoms with E-state index in [-0.39, 0.29) is 23.1 Å². The molecule has 98 valence electrons. The fourth-order valence-corrected chi connectivity index (χ4v) is 3.83. The van der Waals surface area contributed by atoms with Crippen LogP contribution < -0.4 is 10.5 Å². The first-order valence-corrected chi connectivity index (χ1v) is 7.55. The lowest BCUT2D eigenvalue weighted by atomic mass is 10.4. The molecule has 0 aliphatic rings. The molecule has 0 fully saturated rings. The second-order valence-electron chi connectivity index (χ2n) is 3.38. The zero-order chi connectivity index (χ0) is 13.3. The Balaban J connectivity index is 2.31. The fourth-order valence-electron chi connectivity index (χ4n) is 1.36. The highest BCUT2D eigenvalue weighted by Crippen LogP contribution is 2.24. The van der Waals surface area contributed by atoms with Crippen molar-refractivity contribution in [1.82, 2.24) is 14.1 Å². The van der Waals surface area contributed by atoms with Crippen molar-refractivity contribution in [2.45, 2.75) is 11.4 Å². The first-order chi connectivity index (χ1) is 8.42. The van der Waals surface area contributed by atoms with Crippen molar-refractivity contribution < 1.29 is 13.2 Å². The molecule has 0 radical (unpaired) electrons. The summed E-state index contributed by atoms with van der Waals surface area (Å²) in [6.07, 6.45) is 1.48. The van der Waals surface area contributed by atoms with Gasteiger partial charge in [-0.2, -0.15) is 0 Å². The monoisotopic (exact) mass is 308 g/mol. The molecule has 2 heterocycles. The average Bonchev–Trinajstić information content (AvgIpc) is 2.74. The summed E-state index contributed by atoms with van der Waals surface area (Å²) in [4.78, 5) is 15.0. The molecule has 0 spiro atoms. The number of fused-ring (bicyclic) bond motifs is 1. The van der Waals surface area contributed by atoms with Gasteiger partial charge in [0.2, 0.25) is 5.91 Å². The lowest BCUT2D eigenvalue weighted by molar-refractivity contribution is -0.117. The van der Waals surface area contributed by atoms with Crippen LogP contribution in [0, 0.1) is 0 Å². The van der Waals surface area contributed by atoms with Crippen LogP contribution in [0.15, 0.2) is 16.6 Å². The van der Waals surface area contributed by atoms with Gasteiger partial charge in [-0.25, -0.2) is 18.1 Å². The molecule has 2 aromatic rings. The molecule has 0 atom stereocenters. The normalized spacial score (nSPS) is 12.1. The van der Waals surface area contributed by atoms with Gasteiger partial charge in [-0.3, -0.25) is 9.20 Å². The van der Waals surface area contributed by atoms with E-state index in [9.17, 15) is 13.2 Å². The average molecular weight is 309 g/mol. The number of nitrogens with zero attached hydrogens (tertiary/aromatic N) is 2. The van der Waals surface area contributed by atoms with Crippen LogP contribution in [0.4, 0.5) is 0 Å². The number of carbonyl (C=O) groups excluding carboxylic acids is 1. The van der Waals surface area contributed by atoms with E-state index in [1.807, 2.05) is 0 Å². The van der Waals surface area contributed by atoms with Gasteiger partial charge in [0, 0.05) is 24.5 Å². The molecule has 0 aliphatic heterocycles. The van der Waals surface area contributed by atoms with Gasteiger partial charge in [-0.05, 0) is 0 Å². The number of amides is 1. The zero-order valence-corrected chi connectivity index (χ0v) is 11.3. The summed E-state index contributed by atoms with van der Waals surface area (Å²) in [6, 6.07) is 0. The van der Waals surface area contributed by atoms with E-state index >= 15 is 0 Å². The second kappa shape index (κ2) is 4.84. The first kappa shape index (κ1) is 13.3. The van der Waals surface area contributed by atoms with Crippen molar-refractivity contribution in [3.8, 4) is 0 Å². The van der Waals surface area contributed by atoms with Crippen molar-refractivity contribution in [3.05, 3.63) is 16.7 Å². The fraction of sp³-hybridized carbons (Fsp3) is 0.250. The van der Waals surface area contributed by atoms with Gasteiger partial charge < -0.3 is 5.73 Å². The Morgan fingerprint density at radius 2 is 2.33 bits per heavy atom. The molecule has 1 amide bonds. The zero-order valence-electron chi connectivity index (χ0n) is 8.96. The number of nitrogens with one attached hydrogen (secondary N) is 1. The first-order valence-electron chi connectivity index (χ1n) is 4.81. The third kappa shape index (κ3) is 2.48. The Hall–Kier alpha value is -1.16. The molecule has 0 aromatic carbocycles. The molecule has 2 aromatic heterocycles. The maximum atomic E-state index is 12.0. The van der Waals surface area contributed by atoms with Crippen LogP contribution in [-0.4, -0.2) is 30.3 Å². The minimum Gasteiger partial charge on any atom is -0.370 e. The molecule has 0 unspecified atom stereocenters. The molecule has 18 heavy (non-hydrogen) atoms. The lowest BCUT2D eigenvalue weighted by Crippen LogP contribution is -2.29. The largest absolute Gasteiger partial charge is 0.370 e. The number of nitrogens with two attached hydrogens (primary N) is 1. The number of primary amides is 1. The van der Waals surface area contributed by atoms with E-state index in [0.717, 1.165) is 0 Å². The minimum absolute atomic E-state index is 0.0780. The van der Waals surface area contributed by atoms with E-state index in [2.05, 4.69) is 9.71 Å². The van der Waals surface area contributed by atoms with Crippen LogP contribution in [0.3, 0.4) is 0 Å². The number of rotatable bonds is 5. The summed E-state index contributed by atoms with van der Waals surface area (Å²) in [7, 11) is -3.82. The van der Waals surface area contributed by atoms with Gasteiger partial charge in [0.25, 0.3) is 10.0 Å². The highest BCUT2D eigenvalue weighted by atomic mass is 35.5. The summed E-state index contributed by atoms with van der Waals surface area (Å²) < 4.78 is 27.6. The maximum absolute atomic E-state index is 12.0. The molecular formula is C8H9ClN4O3S2. The highest BCUT2D eigenvalue weighted by Gasteiger charge is 2.24. The van der Waals surface area contributed by atoms with Crippen molar-refractivity contribution in [3.63, 3.8) is 0 Å². The molecule has 3 N–H and O–H groups in total. The summed E-state index contributed by atoms with van der Waals surface area (Å²) in [5, 5.41) is 1.46. The predicted molar refractivity (Wildman–Crippen MR) is 67.1 cm³/mol. The molecule has 7 nitrogen and oxygen atoms in total. The Labute approximate surface area is 112 Å². The number of halogens is 1. The molecule has 2 rings (SSSR count). The number of thiazole rings is 1. The summed E-state index contributed by atoms with van der Waals surface area (Å²) in [5.41, 5.74) is 4.93. The molecule has 0 aliphatic carbocycles. The summed E-state index contributed by atoms with van der Waals surface area (Å²) in [5.74, 6) is -0.585. The van der Waals surface area contributed by atoms with Crippen molar-refractivity contribution in [2.24, 2.45) is 5.73 Å². The Morgan fingerprint density at radius 3 is 3.00 bits per heavy atom. The lowest BCUT2D eigenvalue weighted by Gasteiger charge is -2.04. The molecule has 0 saturated heterocycles. The summed E-state index contributed by atoms with van der Waals surface area (Å²) >= 11 is 7.07. The van der Waals surface area contributed by atoms with Crippen LogP contribution in [0.2, 0.25) is 5.15 Å². The molecule has 0 bridgehead atoms. The number of aromatic nitrogens is 2. The standard InChI is InChI=1S/C8H9ClN4O3S2/c9-6-7(13-3-4-17-8(13)12-6)18(15,16)11-2-1-5(10)14/h3-4,11H,1-2H2,(H2,10,14). The molecule has 10 heteroatoms. The molecular weight excluding hydrogens is 300 g/mol. The number of sulfonamides is 1. The predicted octanol–water partition coefficient (Wildman–Crippen LogP) is 0.203. The SMILES string of the molecule is NC(=O)CCNS(=O)(=O)c1c(Cl)nc2sccn12. The summed E-state index contributed by atoms with van der Waals surface area (Å²) in [6.45, 7) is -0.0780. The second-order valence-corrected chi connectivity index (χ2v) is 6.29. The van der Waals surface area contributed by atoms with Gasteiger partial charge in [-0.1, -0.05) is 11.6 Å². The maximum Gasteiger partial charge on any atom is 0.259 e. The van der Waals surface area contributed by atoms with E-state index in [1.54, 1.807) is 11.6 Å². The highest BCUT2D eigenvalue weighted by molar-refractivity contribution is 7.89. The third-order valence-corrected chi connectivity index (χ3v) is 4.71. The number of imidazole rings is 1. The van der Waals surface area contributed by atoms with Gasteiger partial charge in [0.1, 0.15) is 0 Å². The smallest absolute Gasteiger partial charge is 0.259 e. The van der Waals surface area contributed by atoms with E-state index in [0.29, 0.717) is 4.96 Å². The third-order valence-electron chi connectivity index (χ3n) is 2.10. The molecule has 0 saturated carbocycles. The van der Waals surface area contributed by atoms with E-state index < -0.39 is 15.9 Å². The van der Waals surface area contributed by atoms with Gasteiger partial charge in [0.05, 0.1) is 0 Å². The number of hydrogen-bond acceptors (Lipinski definition) is 5. The van der Waals surface area contributed by atoms with Crippen LogP contribution in [-0.2, 0) is 14.8 Å². The number of carbonyl (C=O) groups is 1. The topological polar surface area (TPSA) is 107 Å². The number of hydrogen-bond donors (Lipinski definition) is 2. The quantitative estimate of drug-likeness (QED) is 0.823. The van der Waals surface area contributed by atoms with Crippen LogP contribution in [0.5, 0.6) is 0 Å². The Kier molecular flexibility index (Phi) is 3.57. The van der Waals surface area contributed by atoms with Crippen LogP contribution in [0.1, 0.15) is 6.42 Å². The van der Waals surface area contributed by atoms with Gasteiger partial charge in [-0.15, -0.1) is 11.3 Å². The van der Waals surface area contributed by atoms with E-state index in [1.165, 1.54) is 15.7 Å². The van der Waals surface area contributed by atoms with Crippen molar-refractivity contribution in [2.75, 3.05) is 6.54 Å². The van der Waals surface area contributed by atoms with Gasteiger partial charge >= 0.3 is 0 Å².